The van der Waals surface area contributed by atoms with Crippen LogP contribution in [-0.2, 0) is 20.0 Å². The van der Waals surface area contributed by atoms with Crippen LogP contribution >= 0.6 is 11.6 Å². The minimum absolute atomic E-state index is 0.0768. The van der Waals surface area contributed by atoms with E-state index in [0.717, 1.165) is 32.1 Å². The lowest BCUT2D eigenvalue weighted by Crippen LogP contribution is -2.69. The molecule has 7 nitrogen and oxygen atoms in total. The predicted molar refractivity (Wildman–Crippen MR) is 114 cm³/mol. The van der Waals surface area contributed by atoms with Crippen LogP contribution < -0.4 is 10.6 Å². The maximum atomic E-state index is 13.0. The van der Waals surface area contributed by atoms with Gasteiger partial charge in [0.25, 0.3) is 0 Å². The average molecular weight is 436 g/mol. The molecule has 1 saturated carbocycles. The summed E-state index contributed by atoms with van der Waals surface area (Å²) >= 11 is 6.31. The average Bonchev–Trinajstić information content (AvgIpc) is 2.67. The number of alkyl carbamates (subject to hydrolysis) is 1. The summed E-state index contributed by atoms with van der Waals surface area (Å²) in [5, 5.41) is 6.11. The lowest BCUT2D eigenvalue weighted by atomic mass is 9.75. The van der Waals surface area contributed by atoms with E-state index in [1.165, 1.54) is 4.90 Å². The number of carbonyl (C=O) groups excluding carboxylic acids is 3. The molecule has 2 N–H and O–H groups in total. The van der Waals surface area contributed by atoms with Crippen molar-refractivity contribution >= 4 is 29.5 Å². The Kier molecular flexibility index (Phi) is 6.60. The van der Waals surface area contributed by atoms with Crippen LogP contribution in [0.5, 0.6) is 0 Å². The zero-order valence-corrected chi connectivity index (χ0v) is 18.6. The highest BCUT2D eigenvalue weighted by Gasteiger charge is 2.51. The predicted octanol–water partition coefficient (Wildman–Crippen LogP) is 3.56. The van der Waals surface area contributed by atoms with Gasteiger partial charge in [-0.15, -0.1) is 0 Å². The minimum atomic E-state index is -1.22. The molecule has 1 aromatic rings. The second-order valence-electron chi connectivity index (χ2n) is 9.00. The van der Waals surface area contributed by atoms with E-state index in [2.05, 4.69) is 10.6 Å². The quantitative estimate of drug-likeness (QED) is 0.756. The van der Waals surface area contributed by atoms with Gasteiger partial charge in [-0.3, -0.25) is 14.9 Å². The standard InChI is InChI=1S/C22H30ClN3O4/c1-21(2,3)30-20(29)25-22(15-8-5-4-6-9-15,16-10-7-11-17(23)12-16)26-14-18(27)24-13-19(26)28/h7,10-12,15H,4-6,8-9,13-14H2,1-3H3,(H,24,27)(H,25,29). The number of nitrogens with zero attached hydrogens (tertiary/aromatic N) is 1. The smallest absolute Gasteiger partial charge is 0.409 e. The van der Waals surface area contributed by atoms with Crippen molar-refractivity contribution in [2.45, 2.75) is 64.1 Å². The first-order valence-electron chi connectivity index (χ1n) is 10.5. The van der Waals surface area contributed by atoms with Gasteiger partial charge in [-0.2, -0.15) is 0 Å². The molecule has 1 saturated heterocycles. The van der Waals surface area contributed by atoms with Gasteiger partial charge in [0.1, 0.15) is 17.8 Å². The summed E-state index contributed by atoms with van der Waals surface area (Å²) in [6, 6.07) is 7.14. The molecule has 0 bridgehead atoms. The summed E-state index contributed by atoms with van der Waals surface area (Å²) in [4.78, 5) is 39.8. The largest absolute Gasteiger partial charge is 0.444 e. The van der Waals surface area contributed by atoms with Gasteiger partial charge in [0.2, 0.25) is 11.8 Å². The van der Waals surface area contributed by atoms with Crippen molar-refractivity contribution < 1.29 is 19.1 Å². The molecular weight excluding hydrogens is 406 g/mol. The molecule has 8 heteroatoms. The second kappa shape index (κ2) is 8.84. The molecule has 2 aliphatic rings. The Labute approximate surface area is 182 Å². The number of rotatable bonds is 4. The number of hydrogen-bond acceptors (Lipinski definition) is 4. The molecule has 3 rings (SSSR count). The van der Waals surface area contributed by atoms with Crippen LogP contribution in [0.3, 0.4) is 0 Å². The van der Waals surface area contributed by atoms with Crippen LogP contribution in [0.15, 0.2) is 24.3 Å². The lowest BCUT2D eigenvalue weighted by Gasteiger charge is -2.51. The Morgan fingerprint density at radius 2 is 1.90 bits per heavy atom. The summed E-state index contributed by atoms with van der Waals surface area (Å²) in [5.41, 5.74) is -1.25. The topological polar surface area (TPSA) is 87.7 Å². The number of ether oxygens (including phenoxy) is 1. The molecule has 1 aliphatic carbocycles. The van der Waals surface area contributed by atoms with E-state index >= 15 is 0 Å². The number of piperazine rings is 1. The van der Waals surface area contributed by atoms with Crippen molar-refractivity contribution in [2.75, 3.05) is 13.1 Å². The van der Waals surface area contributed by atoms with E-state index in [9.17, 15) is 14.4 Å². The summed E-state index contributed by atoms with van der Waals surface area (Å²) in [6.07, 6.45) is 4.06. The zero-order chi connectivity index (χ0) is 21.9. The molecule has 0 spiro atoms. The summed E-state index contributed by atoms with van der Waals surface area (Å²) in [6.45, 7) is 5.11. The first kappa shape index (κ1) is 22.4. The van der Waals surface area contributed by atoms with Crippen molar-refractivity contribution in [2.24, 2.45) is 5.92 Å². The van der Waals surface area contributed by atoms with E-state index in [1.807, 2.05) is 6.07 Å². The molecule has 1 unspecified atom stereocenters. The highest BCUT2D eigenvalue weighted by Crippen LogP contribution is 2.43. The molecule has 164 valence electrons. The van der Waals surface area contributed by atoms with Crippen molar-refractivity contribution in [3.05, 3.63) is 34.9 Å². The Balaban J connectivity index is 2.15. The summed E-state index contributed by atoms with van der Waals surface area (Å²) in [5.74, 6) is -0.592. The minimum Gasteiger partial charge on any atom is -0.444 e. The SMILES string of the molecule is CC(C)(C)OC(=O)NC(c1cccc(Cl)c1)(C1CCCCC1)N1CC(=O)NCC1=O. The zero-order valence-electron chi connectivity index (χ0n) is 17.8. The maximum absolute atomic E-state index is 13.0. The third-order valence-electron chi connectivity index (χ3n) is 5.62. The highest BCUT2D eigenvalue weighted by atomic mass is 35.5. The number of amides is 3. The number of nitrogens with one attached hydrogen (secondary N) is 2. The maximum Gasteiger partial charge on any atom is 0.409 e. The van der Waals surface area contributed by atoms with Gasteiger partial charge >= 0.3 is 6.09 Å². The number of hydrogen-bond donors (Lipinski definition) is 2. The van der Waals surface area contributed by atoms with Gasteiger partial charge in [0.05, 0.1) is 6.54 Å². The van der Waals surface area contributed by atoms with Crippen LogP contribution in [0.4, 0.5) is 4.79 Å². The van der Waals surface area contributed by atoms with Crippen LogP contribution in [-0.4, -0.2) is 41.5 Å². The van der Waals surface area contributed by atoms with Crippen molar-refractivity contribution in [1.29, 1.82) is 0 Å². The van der Waals surface area contributed by atoms with Crippen molar-refractivity contribution in [1.82, 2.24) is 15.5 Å². The van der Waals surface area contributed by atoms with E-state index in [0.29, 0.717) is 10.6 Å². The summed E-state index contributed by atoms with van der Waals surface area (Å²) < 4.78 is 5.57. The molecular formula is C22H30ClN3O4. The highest BCUT2D eigenvalue weighted by molar-refractivity contribution is 6.30. The number of benzene rings is 1. The third kappa shape index (κ3) is 4.89. The number of carbonyl (C=O) groups is 3. The number of halogens is 1. The summed E-state index contributed by atoms with van der Waals surface area (Å²) in [7, 11) is 0. The molecule has 2 fully saturated rings. The molecule has 30 heavy (non-hydrogen) atoms. The Morgan fingerprint density at radius 3 is 2.53 bits per heavy atom. The fourth-order valence-electron chi connectivity index (χ4n) is 4.44. The van der Waals surface area contributed by atoms with E-state index < -0.39 is 17.4 Å². The molecule has 1 aliphatic heterocycles. The Morgan fingerprint density at radius 1 is 1.20 bits per heavy atom. The van der Waals surface area contributed by atoms with Gasteiger partial charge < -0.3 is 15.0 Å². The molecule has 1 atom stereocenters. The van der Waals surface area contributed by atoms with Gasteiger partial charge in [0, 0.05) is 10.9 Å². The van der Waals surface area contributed by atoms with Crippen molar-refractivity contribution in [3.63, 3.8) is 0 Å². The van der Waals surface area contributed by atoms with Crippen LogP contribution in [0.1, 0.15) is 58.4 Å². The van der Waals surface area contributed by atoms with Gasteiger partial charge in [-0.25, -0.2) is 4.79 Å². The van der Waals surface area contributed by atoms with Gasteiger partial charge in [0.15, 0.2) is 0 Å². The first-order valence-corrected chi connectivity index (χ1v) is 10.8. The van der Waals surface area contributed by atoms with Gasteiger partial charge in [-0.05, 0) is 51.3 Å². The fourth-order valence-corrected chi connectivity index (χ4v) is 4.63. The van der Waals surface area contributed by atoms with Gasteiger partial charge in [-0.1, -0.05) is 43.0 Å². The fraction of sp³-hybridized carbons (Fsp3) is 0.591. The molecule has 1 heterocycles. The van der Waals surface area contributed by atoms with Crippen LogP contribution in [0, 0.1) is 5.92 Å². The lowest BCUT2D eigenvalue weighted by molar-refractivity contribution is -0.153. The normalized spacial score (nSPS) is 20.3. The van der Waals surface area contributed by atoms with Crippen molar-refractivity contribution in [3.8, 4) is 0 Å². The third-order valence-corrected chi connectivity index (χ3v) is 5.85. The Hall–Kier alpha value is -2.28. The van der Waals surface area contributed by atoms with E-state index in [4.69, 9.17) is 16.3 Å². The molecule has 1 aromatic carbocycles. The second-order valence-corrected chi connectivity index (χ2v) is 9.43. The van der Waals surface area contributed by atoms with E-state index in [-0.39, 0.29) is 30.8 Å². The first-order chi connectivity index (χ1) is 14.1. The molecule has 0 aromatic heterocycles. The molecule has 3 amide bonds. The monoisotopic (exact) mass is 435 g/mol. The Bertz CT molecular complexity index is 817. The van der Waals surface area contributed by atoms with Crippen LogP contribution in [0.25, 0.3) is 0 Å². The molecule has 0 radical (unpaired) electrons. The van der Waals surface area contributed by atoms with Crippen LogP contribution in [0.2, 0.25) is 5.02 Å². The van der Waals surface area contributed by atoms with E-state index in [1.54, 1.807) is 39.0 Å².